The molecule has 1 aromatic carbocycles. The highest BCUT2D eigenvalue weighted by atomic mass is 32.2. The van der Waals surface area contributed by atoms with Crippen molar-refractivity contribution < 1.29 is 19.1 Å². The number of methoxy groups -OCH3 is 2. The summed E-state index contributed by atoms with van der Waals surface area (Å²) in [7, 11) is 2.40. The molecular formula is C17H18N6O5S. The maximum atomic E-state index is 12.8. The maximum absolute atomic E-state index is 12.8. The van der Waals surface area contributed by atoms with E-state index in [0.717, 1.165) is 11.8 Å². The highest BCUT2D eigenvalue weighted by molar-refractivity contribution is 8.16. The third-order valence-corrected chi connectivity index (χ3v) is 5.20. The van der Waals surface area contributed by atoms with Gasteiger partial charge in [0.1, 0.15) is 5.69 Å². The molecule has 0 aliphatic carbocycles. The minimum atomic E-state index is -1.66. The lowest BCUT2D eigenvalue weighted by Crippen LogP contribution is -2.55. The van der Waals surface area contributed by atoms with Gasteiger partial charge in [-0.05, 0) is 30.8 Å². The second-order valence-electron chi connectivity index (χ2n) is 5.89. The van der Waals surface area contributed by atoms with Crippen molar-refractivity contribution in [2.45, 2.75) is 18.2 Å². The molecule has 0 saturated carbocycles. The number of aromatic nitrogens is 3. The molecule has 2 N–H and O–H groups in total. The number of rotatable bonds is 5. The van der Waals surface area contributed by atoms with Crippen LogP contribution in [0, 0.1) is 6.92 Å². The van der Waals surface area contributed by atoms with Gasteiger partial charge in [-0.1, -0.05) is 18.2 Å². The lowest BCUT2D eigenvalue weighted by Gasteiger charge is -2.31. The zero-order chi connectivity index (χ0) is 21.0. The quantitative estimate of drug-likeness (QED) is 0.665. The van der Waals surface area contributed by atoms with Gasteiger partial charge >= 0.3 is 11.9 Å². The van der Waals surface area contributed by atoms with Crippen LogP contribution in [0.4, 0.5) is 11.6 Å². The molecule has 1 saturated heterocycles. The molecule has 0 spiro atoms. The fourth-order valence-electron chi connectivity index (χ4n) is 2.54. The molecule has 3 rings (SSSR count). The van der Waals surface area contributed by atoms with E-state index in [9.17, 15) is 14.4 Å². The average Bonchev–Trinajstić information content (AvgIpc) is 3.08. The summed E-state index contributed by atoms with van der Waals surface area (Å²) in [4.78, 5) is 42.3. The zero-order valence-electron chi connectivity index (χ0n) is 15.8. The molecule has 11 nitrogen and oxygen atoms in total. The molecule has 2 heterocycles. The lowest BCUT2D eigenvalue weighted by atomic mass is 10.2. The Labute approximate surface area is 169 Å². The molecule has 1 fully saturated rings. The van der Waals surface area contributed by atoms with Gasteiger partial charge in [-0.25, -0.2) is 14.8 Å². The number of nitrogens with zero attached hydrogens (tertiary/aromatic N) is 4. The zero-order valence-corrected chi connectivity index (χ0v) is 16.6. The van der Waals surface area contributed by atoms with Gasteiger partial charge in [-0.15, -0.1) is 10.2 Å². The highest BCUT2D eigenvalue weighted by Crippen LogP contribution is 2.41. The Morgan fingerprint density at radius 2 is 1.93 bits per heavy atom. The number of aryl methyl sites for hydroxylation is 1. The number of hydrogen-bond donors (Lipinski definition) is 2. The van der Waals surface area contributed by atoms with Crippen LogP contribution in [0.3, 0.4) is 0 Å². The molecule has 1 aliphatic heterocycles. The number of carbonyl (C=O) groups is 2. The van der Waals surface area contributed by atoms with Gasteiger partial charge in [-0.3, -0.25) is 20.0 Å². The molecule has 1 aliphatic rings. The monoisotopic (exact) mass is 418 g/mol. The molecule has 12 heteroatoms. The third kappa shape index (κ3) is 4.06. The molecule has 0 amide bonds. The number of H-pyrrole nitrogens is 1. The summed E-state index contributed by atoms with van der Waals surface area (Å²) in [5.41, 5.74) is 3.17. The van der Waals surface area contributed by atoms with Crippen LogP contribution in [-0.4, -0.2) is 51.4 Å². The fraction of sp³-hybridized carbons (Fsp3) is 0.294. The number of aromatic amines is 1. The summed E-state index contributed by atoms with van der Waals surface area (Å²) in [6.45, 7) is 1.49. The smallest absolute Gasteiger partial charge is 0.345 e. The predicted octanol–water partition coefficient (Wildman–Crippen LogP) is 0.651. The molecule has 1 atom stereocenters. The third-order valence-electron chi connectivity index (χ3n) is 4.00. The van der Waals surface area contributed by atoms with Crippen LogP contribution in [0.2, 0.25) is 0 Å². The first-order valence-electron chi connectivity index (χ1n) is 8.38. The van der Waals surface area contributed by atoms with Crippen molar-refractivity contribution in [3.05, 3.63) is 46.4 Å². The second-order valence-corrected chi connectivity index (χ2v) is 7.16. The molecule has 1 aromatic heterocycles. The van der Waals surface area contributed by atoms with Crippen molar-refractivity contribution in [1.82, 2.24) is 20.6 Å². The van der Waals surface area contributed by atoms with E-state index in [1.54, 1.807) is 12.1 Å². The van der Waals surface area contributed by atoms with Crippen molar-refractivity contribution in [1.29, 1.82) is 0 Å². The highest BCUT2D eigenvalue weighted by Gasteiger charge is 2.56. The van der Waals surface area contributed by atoms with E-state index in [-0.39, 0.29) is 16.8 Å². The number of aliphatic imine (C=N–C) groups is 1. The number of carbonyl (C=O) groups excluding carboxylic acids is 2. The van der Waals surface area contributed by atoms with Gasteiger partial charge in [-0.2, -0.15) is 0 Å². The topological polar surface area (TPSA) is 139 Å². The van der Waals surface area contributed by atoms with Crippen LogP contribution in [0.15, 0.2) is 40.1 Å². The van der Waals surface area contributed by atoms with Crippen LogP contribution in [0.25, 0.3) is 0 Å². The number of anilines is 1. The number of esters is 2. The largest absolute Gasteiger partial charge is 0.469 e. The minimum absolute atomic E-state index is 0.0827. The number of ether oxygens (including phenoxy) is 2. The summed E-state index contributed by atoms with van der Waals surface area (Å²) in [5, 5.41) is 9.22. The second kappa shape index (κ2) is 8.31. The summed E-state index contributed by atoms with van der Waals surface area (Å²) < 4.78 is 9.69. The van der Waals surface area contributed by atoms with Crippen molar-refractivity contribution in [3.8, 4) is 0 Å². The van der Waals surface area contributed by atoms with Gasteiger partial charge in [0, 0.05) is 0 Å². The van der Waals surface area contributed by atoms with Gasteiger partial charge in [0.2, 0.25) is 10.8 Å². The summed E-state index contributed by atoms with van der Waals surface area (Å²) in [6, 6.07) is 8.99. The van der Waals surface area contributed by atoms with Gasteiger partial charge in [0.15, 0.2) is 5.17 Å². The van der Waals surface area contributed by atoms with Gasteiger partial charge in [0.25, 0.3) is 5.56 Å². The van der Waals surface area contributed by atoms with E-state index in [4.69, 9.17) is 9.47 Å². The van der Waals surface area contributed by atoms with Crippen LogP contribution in [0.5, 0.6) is 0 Å². The SMILES string of the molecule is COC(=O)C[C@@]1(C(=O)OC)SC(=Nc2ccccc2)NN1c1nnc(C)c(=O)[nH]1. The van der Waals surface area contributed by atoms with Gasteiger partial charge < -0.3 is 9.47 Å². The number of thioether (sulfide) groups is 1. The number of amidine groups is 1. The predicted molar refractivity (Wildman–Crippen MR) is 106 cm³/mol. The Hall–Kier alpha value is -3.41. The number of nitrogens with one attached hydrogen (secondary N) is 2. The van der Waals surface area contributed by atoms with Crippen molar-refractivity contribution in [2.75, 3.05) is 19.2 Å². The molecule has 0 unspecified atom stereocenters. The summed E-state index contributed by atoms with van der Waals surface area (Å²) >= 11 is 0.942. The van der Waals surface area contributed by atoms with E-state index in [0.29, 0.717) is 5.69 Å². The Morgan fingerprint density at radius 3 is 2.55 bits per heavy atom. The first kappa shape index (κ1) is 20.3. The van der Waals surface area contributed by atoms with Crippen LogP contribution >= 0.6 is 11.8 Å². The fourth-order valence-corrected chi connectivity index (χ4v) is 3.73. The molecule has 152 valence electrons. The number of para-hydroxylation sites is 1. The number of hydrogen-bond acceptors (Lipinski definition) is 10. The van der Waals surface area contributed by atoms with Crippen molar-refractivity contribution >= 4 is 40.5 Å². The van der Waals surface area contributed by atoms with Crippen molar-refractivity contribution in [2.24, 2.45) is 4.99 Å². The van der Waals surface area contributed by atoms with E-state index in [1.807, 2.05) is 18.2 Å². The van der Waals surface area contributed by atoms with Gasteiger partial charge in [0.05, 0.1) is 26.3 Å². The molecular weight excluding hydrogens is 400 g/mol. The minimum Gasteiger partial charge on any atom is -0.469 e. The van der Waals surface area contributed by atoms with E-state index < -0.39 is 28.8 Å². The average molecular weight is 418 g/mol. The summed E-state index contributed by atoms with van der Waals surface area (Å²) in [6.07, 6.45) is -0.404. The molecule has 2 aromatic rings. The number of hydrazine groups is 1. The molecule has 29 heavy (non-hydrogen) atoms. The first-order valence-corrected chi connectivity index (χ1v) is 9.19. The van der Waals surface area contributed by atoms with E-state index in [2.05, 4.69) is 25.6 Å². The Morgan fingerprint density at radius 1 is 1.21 bits per heavy atom. The maximum Gasteiger partial charge on any atom is 0.345 e. The summed E-state index contributed by atoms with van der Waals surface area (Å²) in [5.74, 6) is -1.51. The standard InChI is InChI=1S/C17H18N6O5S/c1-10-13(25)19-15(21-20-10)23-17(14(26)28-3,9-12(24)27-2)29-16(22-23)18-11-7-5-4-6-8-11/h4-8H,9H2,1-3H3,(H,18,22)(H,19,21,25)/t17-/m0/s1. The molecule has 0 radical (unpaired) electrons. The van der Waals surface area contributed by atoms with E-state index >= 15 is 0 Å². The Kier molecular flexibility index (Phi) is 5.82. The number of benzene rings is 1. The van der Waals surface area contributed by atoms with Crippen LogP contribution < -0.4 is 16.0 Å². The van der Waals surface area contributed by atoms with Crippen LogP contribution in [0.1, 0.15) is 12.1 Å². The first-order chi connectivity index (χ1) is 13.9. The lowest BCUT2D eigenvalue weighted by molar-refractivity contribution is -0.150. The Balaban J connectivity index is 2.12. The van der Waals surface area contributed by atoms with E-state index in [1.165, 1.54) is 26.2 Å². The molecule has 0 bridgehead atoms. The normalized spacial score (nSPS) is 19.7. The van der Waals surface area contributed by atoms with Crippen LogP contribution in [-0.2, 0) is 19.1 Å². The Bertz CT molecular complexity index is 1010. The van der Waals surface area contributed by atoms with Crippen molar-refractivity contribution in [3.63, 3.8) is 0 Å².